The van der Waals surface area contributed by atoms with E-state index in [0.717, 1.165) is 0 Å². The molecule has 2 aliphatic rings. The van der Waals surface area contributed by atoms with Gasteiger partial charge in [-0.05, 0) is 32.6 Å². The summed E-state index contributed by atoms with van der Waals surface area (Å²) in [6, 6.07) is -0.141. The van der Waals surface area contributed by atoms with E-state index in [0.29, 0.717) is 25.7 Å². The fourth-order valence-corrected chi connectivity index (χ4v) is 2.48. The first kappa shape index (κ1) is 11.8. The number of aliphatic carboxylic acids is 1. The van der Waals surface area contributed by atoms with E-state index >= 15 is 0 Å². The van der Waals surface area contributed by atoms with E-state index in [2.05, 4.69) is 0 Å². The van der Waals surface area contributed by atoms with Crippen molar-refractivity contribution in [2.45, 2.75) is 38.6 Å². The molecule has 92 valence electrons. The van der Waals surface area contributed by atoms with Gasteiger partial charge >= 0.3 is 5.97 Å². The number of rotatable bonds is 2. The molecule has 1 saturated carbocycles. The average molecular weight is 237 g/mol. The lowest BCUT2D eigenvalue weighted by Crippen LogP contribution is -2.45. The first-order valence-electron chi connectivity index (χ1n) is 5.73. The van der Waals surface area contributed by atoms with Crippen LogP contribution >= 0.6 is 0 Å². The van der Waals surface area contributed by atoms with E-state index in [4.69, 9.17) is 5.11 Å². The molecular formula is C12H15NO4. The normalized spacial score (nSPS) is 33.2. The second kappa shape index (κ2) is 3.98. The number of amides is 2. The highest BCUT2D eigenvalue weighted by molar-refractivity contribution is 6.13. The van der Waals surface area contributed by atoms with Gasteiger partial charge in [0.25, 0.3) is 11.8 Å². The molecule has 1 aliphatic carbocycles. The van der Waals surface area contributed by atoms with Crippen LogP contribution in [0.25, 0.3) is 0 Å². The summed E-state index contributed by atoms with van der Waals surface area (Å²) in [5, 5.41) is 9.09. The molecule has 0 aromatic rings. The van der Waals surface area contributed by atoms with Crippen molar-refractivity contribution in [3.05, 3.63) is 12.2 Å². The maximum Gasteiger partial charge on any atom is 0.309 e. The van der Waals surface area contributed by atoms with Crippen LogP contribution in [0, 0.1) is 5.41 Å². The number of carbonyl (C=O) groups excluding carboxylic acids is 2. The van der Waals surface area contributed by atoms with E-state index < -0.39 is 11.4 Å². The summed E-state index contributed by atoms with van der Waals surface area (Å²) in [5.74, 6) is -1.36. The molecule has 1 heterocycles. The zero-order valence-corrected chi connectivity index (χ0v) is 9.68. The molecule has 0 aromatic carbocycles. The Balaban J connectivity index is 2.03. The fraction of sp³-hybridized carbons (Fsp3) is 0.583. The minimum absolute atomic E-state index is 0.141. The largest absolute Gasteiger partial charge is 0.481 e. The van der Waals surface area contributed by atoms with Crippen molar-refractivity contribution in [2.75, 3.05) is 0 Å². The lowest BCUT2D eigenvalue weighted by molar-refractivity contribution is -0.151. The minimum atomic E-state index is -0.798. The number of nitrogens with zero attached hydrogens (tertiary/aromatic N) is 1. The summed E-state index contributed by atoms with van der Waals surface area (Å²) in [7, 11) is 0. The number of hydrogen-bond acceptors (Lipinski definition) is 3. The van der Waals surface area contributed by atoms with Crippen LogP contribution in [-0.2, 0) is 14.4 Å². The highest BCUT2D eigenvalue weighted by atomic mass is 16.4. The molecule has 5 nitrogen and oxygen atoms in total. The lowest BCUT2D eigenvalue weighted by Gasteiger charge is -2.37. The number of hydrogen-bond donors (Lipinski definition) is 1. The van der Waals surface area contributed by atoms with Crippen molar-refractivity contribution in [1.29, 1.82) is 0 Å². The van der Waals surface area contributed by atoms with Gasteiger partial charge in [-0.25, -0.2) is 0 Å². The summed E-state index contributed by atoms with van der Waals surface area (Å²) in [4.78, 5) is 35.3. The summed E-state index contributed by atoms with van der Waals surface area (Å²) in [6.07, 6.45) is 4.69. The highest BCUT2D eigenvalue weighted by Gasteiger charge is 2.41. The predicted octanol–water partition coefficient (Wildman–Crippen LogP) is 0.945. The van der Waals surface area contributed by atoms with Crippen molar-refractivity contribution in [3.8, 4) is 0 Å². The zero-order valence-electron chi connectivity index (χ0n) is 9.68. The van der Waals surface area contributed by atoms with Crippen LogP contribution in [0.1, 0.15) is 32.6 Å². The standard InChI is InChI=1S/C12H15NO4/c1-12(11(16)17)6-4-8(5-7-12)13-9(14)2-3-10(13)15/h2-3,8H,4-7H2,1H3,(H,16,17). The minimum Gasteiger partial charge on any atom is -0.481 e. The van der Waals surface area contributed by atoms with Gasteiger partial charge in [0, 0.05) is 18.2 Å². The Bertz CT molecular complexity index is 387. The third kappa shape index (κ3) is 1.97. The predicted molar refractivity (Wildman–Crippen MR) is 59.0 cm³/mol. The molecule has 0 saturated heterocycles. The molecule has 0 radical (unpaired) electrons. The van der Waals surface area contributed by atoms with Gasteiger partial charge in [-0.15, -0.1) is 0 Å². The van der Waals surface area contributed by atoms with E-state index in [1.165, 1.54) is 17.1 Å². The van der Waals surface area contributed by atoms with Crippen LogP contribution in [0.3, 0.4) is 0 Å². The van der Waals surface area contributed by atoms with E-state index in [1.54, 1.807) is 6.92 Å². The van der Waals surface area contributed by atoms with Gasteiger partial charge in [0.1, 0.15) is 0 Å². The number of carboxylic acid groups (broad SMARTS) is 1. The van der Waals surface area contributed by atoms with Crippen LogP contribution in [0.2, 0.25) is 0 Å². The van der Waals surface area contributed by atoms with Gasteiger partial charge < -0.3 is 5.11 Å². The van der Waals surface area contributed by atoms with Crippen molar-refractivity contribution in [3.63, 3.8) is 0 Å². The quantitative estimate of drug-likeness (QED) is 0.725. The average Bonchev–Trinajstić information content (AvgIpc) is 2.60. The molecule has 1 aliphatic heterocycles. The van der Waals surface area contributed by atoms with Crippen molar-refractivity contribution < 1.29 is 19.5 Å². The van der Waals surface area contributed by atoms with Gasteiger partial charge in [-0.1, -0.05) is 0 Å². The summed E-state index contributed by atoms with van der Waals surface area (Å²) in [5.41, 5.74) is -0.713. The van der Waals surface area contributed by atoms with Gasteiger partial charge in [-0.3, -0.25) is 19.3 Å². The highest BCUT2D eigenvalue weighted by Crippen LogP contribution is 2.38. The molecule has 2 amide bonds. The monoisotopic (exact) mass is 237 g/mol. The van der Waals surface area contributed by atoms with Gasteiger partial charge in [-0.2, -0.15) is 0 Å². The molecule has 17 heavy (non-hydrogen) atoms. The maximum atomic E-state index is 11.5. The van der Waals surface area contributed by atoms with Crippen LogP contribution in [0.4, 0.5) is 0 Å². The Morgan fingerprint density at radius 3 is 2.18 bits per heavy atom. The second-order valence-electron chi connectivity index (χ2n) is 4.98. The number of imide groups is 1. The lowest BCUT2D eigenvalue weighted by atomic mass is 9.73. The fourth-order valence-electron chi connectivity index (χ4n) is 2.48. The van der Waals surface area contributed by atoms with E-state index in [9.17, 15) is 14.4 Å². The Labute approximate surface area is 99.1 Å². The smallest absolute Gasteiger partial charge is 0.309 e. The van der Waals surface area contributed by atoms with Gasteiger partial charge in [0.2, 0.25) is 0 Å². The summed E-state index contributed by atoms with van der Waals surface area (Å²) in [6.45, 7) is 1.72. The molecule has 2 rings (SSSR count). The Morgan fingerprint density at radius 2 is 1.76 bits per heavy atom. The van der Waals surface area contributed by atoms with Gasteiger partial charge in [0.15, 0.2) is 0 Å². The molecule has 0 spiro atoms. The third-order valence-corrected chi connectivity index (χ3v) is 3.78. The summed E-state index contributed by atoms with van der Waals surface area (Å²) < 4.78 is 0. The first-order chi connectivity index (χ1) is 7.94. The van der Waals surface area contributed by atoms with Gasteiger partial charge in [0.05, 0.1) is 5.41 Å². The molecule has 1 N–H and O–H groups in total. The molecule has 1 fully saturated rings. The molecule has 0 aromatic heterocycles. The van der Waals surface area contributed by atoms with Crippen molar-refractivity contribution in [1.82, 2.24) is 4.90 Å². The maximum absolute atomic E-state index is 11.5. The van der Waals surface area contributed by atoms with Crippen LogP contribution in [-0.4, -0.2) is 33.8 Å². The Morgan fingerprint density at radius 1 is 1.29 bits per heavy atom. The first-order valence-corrected chi connectivity index (χ1v) is 5.73. The van der Waals surface area contributed by atoms with Crippen molar-refractivity contribution >= 4 is 17.8 Å². The summed E-state index contributed by atoms with van der Waals surface area (Å²) >= 11 is 0. The number of carboxylic acids is 1. The van der Waals surface area contributed by atoms with E-state index in [1.807, 2.05) is 0 Å². The third-order valence-electron chi connectivity index (χ3n) is 3.78. The Kier molecular flexibility index (Phi) is 2.77. The Hall–Kier alpha value is -1.65. The van der Waals surface area contributed by atoms with Crippen molar-refractivity contribution in [2.24, 2.45) is 5.41 Å². The molecule has 0 atom stereocenters. The molecule has 0 unspecified atom stereocenters. The SMILES string of the molecule is CC1(C(=O)O)CCC(N2C(=O)C=CC2=O)CC1. The topological polar surface area (TPSA) is 74.7 Å². The molecule has 0 bridgehead atoms. The second-order valence-corrected chi connectivity index (χ2v) is 4.98. The zero-order chi connectivity index (χ0) is 12.6. The van der Waals surface area contributed by atoms with E-state index in [-0.39, 0.29) is 17.9 Å². The van der Waals surface area contributed by atoms with Crippen LogP contribution in [0.15, 0.2) is 12.2 Å². The molecular weight excluding hydrogens is 222 g/mol. The van der Waals surface area contributed by atoms with Crippen LogP contribution < -0.4 is 0 Å². The van der Waals surface area contributed by atoms with Crippen LogP contribution in [0.5, 0.6) is 0 Å². The molecule has 5 heteroatoms. The number of carbonyl (C=O) groups is 3.